The fraction of sp³-hybridized carbons (Fsp3) is 0.222. The van der Waals surface area contributed by atoms with E-state index in [0.29, 0.717) is 6.61 Å². The lowest BCUT2D eigenvalue weighted by molar-refractivity contribution is 0.369. The lowest BCUT2D eigenvalue weighted by atomic mass is 10.2. The zero-order chi connectivity index (χ0) is 14.9. The van der Waals surface area contributed by atoms with Crippen LogP contribution in [0.4, 0.5) is 0 Å². The first-order valence-electron chi connectivity index (χ1n) is 6.95. The molecule has 0 saturated carbocycles. The second kappa shape index (κ2) is 8.51. The molecule has 3 heteroatoms. The molecule has 0 heterocycles. The number of halogens is 1. The highest BCUT2D eigenvalue weighted by Gasteiger charge is 2.01. The molecule has 0 aliphatic heterocycles. The number of rotatable bonds is 5. The van der Waals surface area contributed by atoms with Gasteiger partial charge in [-0.2, -0.15) is 0 Å². The van der Waals surface area contributed by atoms with Gasteiger partial charge in [0, 0.05) is 16.6 Å². The van der Waals surface area contributed by atoms with Crippen LogP contribution in [0, 0.1) is 11.8 Å². The van der Waals surface area contributed by atoms with Crippen molar-refractivity contribution in [2.24, 2.45) is 0 Å². The van der Waals surface area contributed by atoms with E-state index in [4.69, 9.17) is 4.74 Å². The van der Waals surface area contributed by atoms with E-state index in [1.807, 2.05) is 48.5 Å². The van der Waals surface area contributed by atoms with Crippen molar-refractivity contribution in [1.29, 1.82) is 0 Å². The molecule has 0 aromatic heterocycles. The van der Waals surface area contributed by atoms with Crippen molar-refractivity contribution >= 4 is 15.9 Å². The lowest BCUT2D eigenvalue weighted by Crippen LogP contribution is -2.12. The molecule has 21 heavy (non-hydrogen) atoms. The molecule has 0 aliphatic rings. The highest BCUT2D eigenvalue weighted by atomic mass is 79.9. The fourth-order valence-electron chi connectivity index (χ4n) is 1.82. The van der Waals surface area contributed by atoms with Crippen molar-refractivity contribution in [1.82, 2.24) is 5.32 Å². The van der Waals surface area contributed by atoms with E-state index < -0.39 is 0 Å². The van der Waals surface area contributed by atoms with Crippen LogP contribution in [0.25, 0.3) is 0 Å². The van der Waals surface area contributed by atoms with Gasteiger partial charge in [-0.3, -0.25) is 0 Å². The SMILES string of the molecule is CCNCc1cc(OCC#Cc2ccccc2)ccc1Br. The molecule has 0 unspecified atom stereocenters. The number of hydrogen-bond donors (Lipinski definition) is 1. The van der Waals surface area contributed by atoms with E-state index in [1.165, 1.54) is 5.56 Å². The van der Waals surface area contributed by atoms with Gasteiger partial charge in [0.05, 0.1) is 0 Å². The Labute approximate surface area is 134 Å². The van der Waals surface area contributed by atoms with Crippen LogP contribution < -0.4 is 10.1 Å². The Bertz CT molecular complexity index is 629. The average molecular weight is 344 g/mol. The largest absolute Gasteiger partial charge is 0.481 e. The van der Waals surface area contributed by atoms with Gasteiger partial charge < -0.3 is 10.1 Å². The molecule has 1 N–H and O–H groups in total. The summed E-state index contributed by atoms with van der Waals surface area (Å²) in [7, 11) is 0. The van der Waals surface area contributed by atoms with Gasteiger partial charge in [0.1, 0.15) is 12.4 Å². The molecule has 0 radical (unpaired) electrons. The molecule has 0 amide bonds. The Morgan fingerprint density at radius 3 is 2.71 bits per heavy atom. The zero-order valence-electron chi connectivity index (χ0n) is 12.0. The first kappa shape index (κ1) is 15.6. The molecule has 2 rings (SSSR count). The second-order valence-corrected chi connectivity index (χ2v) is 5.34. The minimum absolute atomic E-state index is 0.386. The predicted molar refractivity (Wildman–Crippen MR) is 90.3 cm³/mol. The summed E-state index contributed by atoms with van der Waals surface area (Å²) in [6, 6.07) is 15.9. The highest BCUT2D eigenvalue weighted by Crippen LogP contribution is 2.22. The van der Waals surface area contributed by atoms with E-state index in [9.17, 15) is 0 Å². The third-order valence-corrected chi connectivity index (χ3v) is 3.67. The Morgan fingerprint density at radius 2 is 1.95 bits per heavy atom. The van der Waals surface area contributed by atoms with Crippen molar-refractivity contribution in [2.75, 3.05) is 13.2 Å². The molecule has 2 aromatic carbocycles. The van der Waals surface area contributed by atoms with Crippen LogP contribution in [0.15, 0.2) is 53.0 Å². The molecule has 0 saturated heterocycles. The molecule has 108 valence electrons. The smallest absolute Gasteiger partial charge is 0.149 e. The maximum atomic E-state index is 5.68. The van der Waals surface area contributed by atoms with Gasteiger partial charge in [0.15, 0.2) is 0 Å². The fourth-order valence-corrected chi connectivity index (χ4v) is 2.20. The molecule has 0 bridgehead atoms. The first-order chi connectivity index (χ1) is 10.3. The minimum atomic E-state index is 0.386. The summed E-state index contributed by atoms with van der Waals surface area (Å²) in [5.74, 6) is 6.95. The Morgan fingerprint density at radius 1 is 1.14 bits per heavy atom. The Hall–Kier alpha value is -1.76. The topological polar surface area (TPSA) is 21.3 Å². The molecule has 0 atom stereocenters. The molecule has 0 aliphatic carbocycles. The second-order valence-electron chi connectivity index (χ2n) is 4.49. The Kier molecular flexibility index (Phi) is 6.33. The van der Waals surface area contributed by atoms with Crippen molar-refractivity contribution in [3.63, 3.8) is 0 Å². The molecular weight excluding hydrogens is 326 g/mol. The van der Waals surface area contributed by atoms with Gasteiger partial charge in [-0.25, -0.2) is 0 Å². The van der Waals surface area contributed by atoms with Crippen LogP contribution in [-0.2, 0) is 6.54 Å². The number of benzene rings is 2. The van der Waals surface area contributed by atoms with E-state index in [-0.39, 0.29) is 0 Å². The molecule has 2 aromatic rings. The van der Waals surface area contributed by atoms with Crippen LogP contribution in [0.2, 0.25) is 0 Å². The first-order valence-corrected chi connectivity index (χ1v) is 7.74. The average Bonchev–Trinajstić information content (AvgIpc) is 2.52. The van der Waals surface area contributed by atoms with Crippen molar-refractivity contribution < 1.29 is 4.74 Å². The van der Waals surface area contributed by atoms with Gasteiger partial charge in [-0.05, 0) is 42.4 Å². The van der Waals surface area contributed by atoms with Crippen LogP contribution in [0.3, 0.4) is 0 Å². The lowest BCUT2D eigenvalue weighted by Gasteiger charge is -2.08. The van der Waals surface area contributed by atoms with Gasteiger partial charge in [0.2, 0.25) is 0 Å². The standard InChI is InChI=1S/C18H18BrNO/c1-2-20-14-16-13-17(10-11-18(16)19)21-12-6-9-15-7-4-3-5-8-15/h3-5,7-8,10-11,13,20H,2,12,14H2,1H3. The van der Waals surface area contributed by atoms with Crippen molar-refractivity contribution in [3.8, 4) is 17.6 Å². The third kappa shape index (κ3) is 5.26. The number of nitrogens with one attached hydrogen (secondary N) is 1. The minimum Gasteiger partial charge on any atom is -0.481 e. The molecular formula is C18H18BrNO. The van der Waals surface area contributed by atoms with E-state index in [1.54, 1.807) is 0 Å². The number of ether oxygens (including phenoxy) is 1. The maximum absolute atomic E-state index is 5.68. The molecule has 2 nitrogen and oxygen atoms in total. The van der Waals surface area contributed by atoms with Crippen LogP contribution in [0.5, 0.6) is 5.75 Å². The third-order valence-electron chi connectivity index (χ3n) is 2.90. The molecule has 0 spiro atoms. The van der Waals surface area contributed by atoms with E-state index in [2.05, 4.69) is 40.0 Å². The Balaban J connectivity index is 1.93. The summed E-state index contributed by atoms with van der Waals surface area (Å²) in [4.78, 5) is 0. The number of hydrogen-bond acceptors (Lipinski definition) is 2. The highest BCUT2D eigenvalue weighted by molar-refractivity contribution is 9.10. The summed E-state index contributed by atoms with van der Waals surface area (Å²) < 4.78 is 6.77. The summed E-state index contributed by atoms with van der Waals surface area (Å²) >= 11 is 3.55. The van der Waals surface area contributed by atoms with Crippen LogP contribution >= 0.6 is 15.9 Å². The van der Waals surface area contributed by atoms with Gasteiger partial charge in [-0.15, -0.1) is 0 Å². The van der Waals surface area contributed by atoms with Gasteiger partial charge in [0.25, 0.3) is 0 Å². The summed E-state index contributed by atoms with van der Waals surface area (Å²) in [5, 5.41) is 3.31. The summed E-state index contributed by atoms with van der Waals surface area (Å²) in [5.41, 5.74) is 2.19. The quantitative estimate of drug-likeness (QED) is 0.828. The van der Waals surface area contributed by atoms with Crippen LogP contribution in [0.1, 0.15) is 18.1 Å². The van der Waals surface area contributed by atoms with Gasteiger partial charge >= 0.3 is 0 Å². The van der Waals surface area contributed by atoms with Crippen LogP contribution in [-0.4, -0.2) is 13.2 Å². The maximum Gasteiger partial charge on any atom is 0.149 e. The van der Waals surface area contributed by atoms with Crippen molar-refractivity contribution in [2.45, 2.75) is 13.5 Å². The van der Waals surface area contributed by atoms with E-state index in [0.717, 1.165) is 28.9 Å². The normalized spacial score (nSPS) is 9.81. The molecule has 0 fully saturated rings. The van der Waals surface area contributed by atoms with E-state index >= 15 is 0 Å². The zero-order valence-corrected chi connectivity index (χ0v) is 13.6. The van der Waals surface area contributed by atoms with Crippen molar-refractivity contribution in [3.05, 3.63) is 64.1 Å². The predicted octanol–water partition coefficient (Wildman–Crippen LogP) is 3.99. The summed E-state index contributed by atoms with van der Waals surface area (Å²) in [6.45, 7) is 4.24. The monoisotopic (exact) mass is 343 g/mol. The summed E-state index contributed by atoms with van der Waals surface area (Å²) in [6.07, 6.45) is 0. The van der Waals surface area contributed by atoms with Gasteiger partial charge in [-0.1, -0.05) is 52.9 Å².